The van der Waals surface area contributed by atoms with Gasteiger partial charge in [0.2, 0.25) is 0 Å². The third-order valence-corrected chi connectivity index (χ3v) is 5.73. The molecule has 0 saturated carbocycles. The van der Waals surface area contributed by atoms with Crippen LogP contribution in [0.15, 0.2) is 89.6 Å². The van der Waals surface area contributed by atoms with Gasteiger partial charge in [-0.1, -0.05) is 71.7 Å². The number of nitrogens with one attached hydrogen (secondary N) is 2. The van der Waals surface area contributed by atoms with Gasteiger partial charge in [0.1, 0.15) is 10.7 Å². The van der Waals surface area contributed by atoms with Gasteiger partial charge in [0, 0.05) is 17.8 Å². The number of benzene rings is 3. The van der Waals surface area contributed by atoms with Crippen LogP contribution in [0.4, 0.5) is 11.4 Å². The van der Waals surface area contributed by atoms with Crippen molar-refractivity contribution < 1.29 is 14.4 Å². The van der Waals surface area contributed by atoms with Crippen molar-refractivity contribution in [3.8, 4) is 0 Å². The summed E-state index contributed by atoms with van der Waals surface area (Å²) in [6.07, 6.45) is 0.710. The number of halogens is 2. The molecule has 6 nitrogen and oxygen atoms in total. The van der Waals surface area contributed by atoms with E-state index in [1.54, 1.807) is 48.5 Å². The average molecular weight is 480 g/mol. The highest BCUT2D eigenvalue weighted by molar-refractivity contribution is 6.53. The minimum atomic E-state index is -0.674. The number of para-hydroxylation sites is 1. The number of rotatable bonds is 7. The Hall–Kier alpha value is -3.61. The average Bonchev–Trinajstić information content (AvgIpc) is 3.03. The predicted molar refractivity (Wildman–Crippen MR) is 129 cm³/mol. The standard InChI is InChI=1S/C25H19Cl2N3O3/c26-19-11-4-5-12-20(19)30-24(32)21(27)22(25(30)33)29-18-10-6-9-17(15-18)23(31)28-14-13-16-7-2-1-3-8-16/h1-12,15,29H,13-14H2,(H,28,31). The van der Waals surface area contributed by atoms with Gasteiger partial charge in [0.25, 0.3) is 17.7 Å². The molecule has 1 aliphatic heterocycles. The second-order valence-corrected chi connectivity index (χ2v) is 8.07. The molecule has 166 valence electrons. The summed E-state index contributed by atoms with van der Waals surface area (Å²) in [6.45, 7) is 0.483. The Balaban J connectivity index is 1.45. The van der Waals surface area contributed by atoms with E-state index in [1.165, 1.54) is 0 Å². The lowest BCUT2D eigenvalue weighted by molar-refractivity contribution is -0.120. The molecule has 0 radical (unpaired) electrons. The quantitative estimate of drug-likeness (QED) is 0.479. The molecule has 0 spiro atoms. The second kappa shape index (κ2) is 9.90. The van der Waals surface area contributed by atoms with Gasteiger partial charge in [0.15, 0.2) is 0 Å². The molecule has 3 amide bonds. The van der Waals surface area contributed by atoms with Crippen LogP contribution in [0.3, 0.4) is 0 Å². The fraction of sp³-hybridized carbons (Fsp3) is 0.0800. The number of amides is 3. The van der Waals surface area contributed by atoms with Crippen LogP contribution >= 0.6 is 23.2 Å². The fourth-order valence-electron chi connectivity index (χ4n) is 3.41. The van der Waals surface area contributed by atoms with Crippen molar-refractivity contribution in [2.24, 2.45) is 0 Å². The number of hydrogen-bond donors (Lipinski definition) is 2. The van der Waals surface area contributed by atoms with Gasteiger partial charge in [0.05, 0.1) is 10.7 Å². The fourth-order valence-corrected chi connectivity index (χ4v) is 3.85. The van der Waals surface area contributed by atoms with Gasteiger partial charge in [-0.15, -0.1) is 0 Å². The molecule has 0 fully saturated rings. The highest BCUT2D eigenvalue weighted by atomic mass is 35.5. The van der Waals surface area contributed by atoms with Crippen LogP contribution in [0.25, 0.3) is 0 Å². The molecule has 33 heavy (non-hydrogen) atoms. The van der Waals surface area contributed by atoms with E-state index in [2.05, 4.69) is 10.6 Å². The minimum absolute atomic E-state index is 0.0803. The van der Waals surface area contributed by atoms with Crippen LogP contribution in [0.2, 0.25) is 5.02 Å². The van der Waals surface area contributed by atoms with E-state index in [0.717, 1.165) is 10.5 Å². The molecule has 0 unspecified atom stereocenters. The second-order valence-electron chi connectivity index (χ2n) is 7.28. The lowest BCUT2D eigenvalue weighted by Crippen LogP contribution is -2.32. The van der Waals surface area contributed by atoms with Gasteiger partial charge in [-0.25, -0.2) is 4.90 Å². The van der Waals surface area contributed by atoms with Gasteiger partial charge < -0.3 is 10.6 Å². The number of imide groups is 1. The summed E-state index contributed by atoms with van der Waals surface area (Å²) in [5.74, 6) is -1.55. The Bertz CT molecular complexity index is 1260. The lowest BCUT2D eigenvalue weighted by atomic mass is 10.1. The molecule has 1 aliphatic rings. The molecule has 3 aromatic carbocycles. The molecule has 1 heterocycles. The molecule has 0 atom stereocenters. The van der Waals surface area contributed by atoms with E-state index in [4.69, 9.17) is 23.2 Å². The first-order chi connectivity index (χ1) is 16.0. The van der Waals surface area contributed by atoms with Crippen LogP contribution < -0.4 is 15.5 Å². The van der Waals surface area contributed by atoms with E-state index >= 15 is 0 Å². The first-order valence-electron chi connectivity index (χ1n) is 10.2. The molecule has 0 bridgehead atoms. The molecule has 8 heteroatoms. The molecule has 0 saturated heterocycles. The summed E-state index contributed by atoms with van der Waals surface area (Å²) in [4.78, 5) is 39.1. The largest absolute Gasteiger partial charge is 0.352 e. The van der Waals surface area contributed by atoms with Gasteiger partial charge in [-0.3, -0.25) is 14.4 Å². The van der Waals surface area contributed by atoms with Crippen molar-refractivity contribution in [2.45, 2.75) is 6.42 Å². The smallest absolute Gasteiger partial charge is 0.283 e. The molecule has 0 aliphatic carbocycles. The summed E-state index contributed by atoms with van der Waals surface area (Å²) >= 11 is 12.3. The van der Waals surface area contributed by atoms with Crippen LogP contribution in [-0.2, 0) is 16.0 Å². The van der Waals surface area contributed by atoms with Crippen molar-refractivity contribution in [1.29, 1.82) is 0 Å². The zero-order valence-electron chi connectivity index (χ0n) is 17.3. The molecule has 0 aromatic heterocycles. The molecular formula is C25H19Cl2N3O3. The predicted octanol–water partition coefficient (Wildman–Crippen LogP) is 4.75. The number of carbonyl (C=O) groups excluding carboxylic acids is 3. The summed E-state index contributed by atoms with van der Waals surface area (Å²) < 4.78 is 0. The van der Waals surface area contributed by atoms with Crippen molar-refractivity contribution in [1.82, 2.24) is 5.32 Å². The maximum absolute atomic E-state index is 12.9. The monoisotopic (exact) mass is 479 g/mol. The summed E-state index contributed by atoms with van der Waals surface area (Å²) in [7, 11) is 0. The minimum Gasteiger partial charge on any atom is -0.352 e. The van der Waals surface area contributed by atoms with E-state index < -0.39 is 11.8 Å². The highest BCUT2D eigenvalue weighted by Gasteiger charge is 2.39. The number of carbonyl (C=O) groups is 3. The summed E-state index contributed by atoms with van der Waals surface area (Å²) in [5.41, 5.74) is 2.15. The first kappa shape index (κ1) is 22.6. The molecule has 2 N–H and O–H groups in total. The van der Waals surface area contributed by atoms with Crippen LogP contribution in [0.1, 0.15) is 15.9 Å². The number of nitrogens with zero attached hydrogens (tertiary/aromatic N) is 1. The Morgan fingerprint density at radius 2 is 1.58 bits per heavy atom. The molecular weight excluding hydrogens is 461 g/mol. The van der Waals surface area contributed by atoms with E-state index in [-0.39, 0.29) is 27.3 Å². The number of hydrogen-bond acceptors (Lipinski definition) is 4. The molecule has 3 aromatic rings. The Labute approximate surface area is 200 Å². The van der Waals surface area contributed by atoms with E-state index in [9.17, 15) is 14.4 Å². The van der Waals surface area contributed by atoms with E-state index in [0.29, 0.717) is 24.2 Å². The van der Waals surface area contributed by atoms with Crippen molar-refractivity contribution >= 4 is 52.3 Å². The van der Waals surface area contributed by atoms with E-state index in [1.807, 2.05) is 30.3 Å². The summed E-state index contributed by atoms with van der Waals surface area (Å²) in [5, 5.41) is 5.76. The highest BCUT2D eigenvalue weighted by Crippen LogP contribution is 2.34. The lowest BCUT2D eigenvalue weighted by Gasteiger charge is -2.16. The van der Waals surface area contributed by atoms with Crippen molar-refractivity contribution in [2.75, 3.05) is 16.8 Å². The maximum Gasteiger partial charge on any atom is 0.283 e. The van der Waals surface area contributed by atoms with Gasteiger partial charge in [-0.05, 0) is 42.3 Å². The SMILES string of the molecule is O=C(NCCc1ccccc1)c1cccc(NC2=C(Cl)C(=O)N(c3ccccc3Cl)C2=O)c1. The maximum atomic E-state index is 12.9. The first-order valence-corrected chi connectivity index (χ1v) is 10.9. The molecule has 4 rings (SSSR count). The zero-order chi connectivity index (χ0) is 23.4. The van der Waals surface area contributed by atoms with Crippen molar-refractivity contribution in [3.63, 3.8) is 0 Å². The normalized spacial score (nSPS) is 13.5. The number of anilines is 2. The van der Waals surface area contributed by atoms with Crippen LogP contribution in [-0.4, -0.2) is 24.3 Å². The van der Waals surface area contributed by atoms with Gasteiger partial charge in [-0.2, -0.15) is 0 Å². The van der Waals surface area contributed by atoms with Crippen molar-refractivity contribution in [3.05, 3.63) is 106 Å². The Morgan fingerprint density at radius 3 is 2.33 bits per heavy atom. The Morgan fingerprint density at radius 1 is 0.848 bits per heavy atom. The van der Waals surface area contributed by atoms with Crippen LogP contribution in [0.5, 0.6) is 0 Å². The van der Waals surface area contributed by atoms with Crippen LogP contribution in [0, 0.1) is 0 Å². The topological polar surface area (TPSA) is 78.5 Å². The summed E-state index contributed by atoms with van der Waals surface area (Å²) in [6, 6.07) is 23.0. The Kier molecular flexibility index (Phi) is 6.77. The third-order valence-electron chi connectivity index (χ3n) is 5.06. The zero-order valence-corrected chi connectivity index (χ0v) is 18.9. The van der Waals surface area contributed by atoms with Gasteiger partial charge >= 0.3 is 0 Å². The third kappa shape index (κ3) is 4.92.